The smallest absolute Gasteiger partial charge is 0.140 e. The minimum absolute atomic E-state index is 0.597. The van der Waals surface area contributed by atoms with Crippen molar-refractivity contribution < 1.29 is 0 Å². The van der Waals surface area contributed by atoms with Gasteiger partial charge in [0.25, 0.3) is 0 Å². The van der Waals surface area contributed by atoms with Crippen molar-refractivity contribution in [3.63, 3.8) is 0 Å². The van der Waals surface area contributed by atoms with Crippen LogP contribution in [0.1, 0.15) is 44.6 Å². The summed E-state index contributed by atoms with van der Waals surface area (Å²) >= 11 is 3.61. The average Bonchev–Trinajstić information content (AvgIpc) is 2.35. The number of nitrogens with zero attached hydrogens (tertiary/aromatic N) is 1. The first-order valence-corrected chi connectivity index (χ1v) is 7.37. The van der Waals surface area contributed by atoms with Gasteiger partial charge in [-0.25, -0.2) is 4.98 Å². The van der Waals surface area contributed by atoms with Crippen LogP contribution in [0.4, 0.5) is 5.82 Å². The Balaban J connectivity index is 2.02. The minimum Gasteiger partial charge on any atom is -0.366 e. The Morgan fingerprint density at radius 2 is 2.29 bits per heavy atom. The monoisotopic (exact) mass is 296 g/mol. The van der Waals surface area contributed by atoms with E-state index in [4.69, 9.17) is 0 Å². The molecule has 1 aromatic rings. The van der Waals surface area contributed by atoms with Crippen LogP contribution >= 0.6 is 15.9 Å². The molecule has 0 radical (unpaired) electrons. The summed E-state index contributed by atoms with van der Waals surface area (Å²) in [5.74, 6) is 1.90. The number of pyridine rings is 1. The van der Waals surface area contributed by atoms with Crippen molar-refractivity contribution in [3.8, 4) is 0 Å². The number of anilines is 1. The molecule has 3 heteroatoms. The maximum Gasteiger partial charge on any atom is 0.140 e. The lowest BCUT2D eigenvalue weighted by Gasteiger charge is -2.29. The summed E-state index contributed by atoms with van der Waals surface area (Å²) in [5.41, 5.74) is 1.24. The molecule has 2 rings (SSSR count). The highest BCUT2D eigenvalue weighted by molar-refractivity contribution is 9.10. The van der Waals surface area contributed by atoms with E-state index >= 15 is 0 Å². The van der Waals surface area contributed by atoms with Crippen molar-refractivity contribution in [2.24, 2.45) is 5.92 Å². The Morgan fingerprint density at radius 1 is 1.47 bits per heavy atom. The van der Waals surface area contributed by atoms with Gasteiger partial charge in [-0.05, 0) is 53.2 Å². The number of aromatic nitrogens is 1. The van der Waals surface area contributed by atoms with E-state index in [-0.39, 0.29) is 0 Å². The normalized spacial score (nSPS) is 24.6. The predicted octanol–water partition coefficient (Wildman–Crippen LogP) is 4.53. The molecule has 1 fully saturated rings. The second-order valence-electron chi connectivity index (χ2n) is 5.07. The second kappa shape index (κ2) is 5.85. The van der Waals surface area contributed by atoms with Crippen LogP contribution in [-0.2, 0) is 0 Å². The molecule has 0 aliphatic heterocycles. The fraction of sp³-hybridized carbons (Fsp3) is 0.643. The maximum atomic E-state index is 4.43. The summed E-state index contributed by atoms with van der Waals surface area (Å²) in [7, 11) is 0. The van der Waals surface area contributed by atoms with E-state index in [0.717, 1.165) is 16.2 Å². The third kappa shape index (κ3) is 3.21. The largest absolute Gasteiger partial charge is 0.366 e. The van der Waals surface area contributed by atoms with E-state index in [0.29, 0.717) is 6.04 Å². The molecule has 0 saturated heterocycles. The van der Waals surface area contributed by atoms with Gasteiger partial charge in [0.2, 0.25) is 0 Å². The molecule has 1 heterocycles. The summed E-state index contributed by atoms with van der Waals surface area (Å²) in [6, 6.07) is 2.63. The van der Waals surface area contributed by atoms with Gasteiger partial charge in [0.05, 0.1) is 4.47 Å². The molecule has 1 saturated carbocycles. The molecule has 0 bridgehead atoms. The van der Waals surface area contributed by atoms with Gasteiger partial charge in [-0.3, -0.25) is 0 Å². The fourth-order valence-electron chi connectivity index (χ4n) is 2.63. The Labute approximate surface area is 112 Å². The van der Waals surface area contributed by atoms with Gasteiger partial charge in [-0.15, -0.1) is 0 Å². The van der Waals surface area contributed by atoms with E-state index in [9.17, 15) is 0 Å². The summed E-state index contributed by atoms with van der Waals surface area (Å²) in [6.45, 7) is 4.40. The highest BCUT2D eigenvalue weighted by Gasteiger charge is 2.21. The van der Waals surface area contributed by atoms with Gasteiger partial charge >= 0.3 is 0 Å². The Kier molecular flexibility index (Phi) is 4.43. The highest BCUT2D eigenvalue weighted by atomic mass is 79.9. The van der Waals surface area contributed by atoms with Crippen molar-refractivity contribution in [1.29, 1.82) is 0 Å². The van der Waals surface area contributed by atoms with Crippen molar-refractivity contribution in [2.45, 2.75) is 52.0 Å². The standard InChI is InChI=1S/C14H21BrN2/c1-3-11-5-4-6-12(9-11)17-14-13(15)10(2)7-8-16-14/h7-8,11-12H,3-6,9H2,1-2H3,(H,16,17). The molecule has 0 amide bonds. The SMILES string of the molecule is CCC1CCCC(Nc2nccc(C)c2Br)C1. The first kappa shape index (κ1) is 12.9. The third-order valence-corrected chi connectivity index (χ3v) is 4.78. The summed E-state index contributed by atoms with van der Waals surface area (Å²) < 4.78 is 1.11. The lowest BCUT2D eigenvalue weighted by molar-refractivity contribution is 0.327. The van der Waals surface area contributed by atoms with Crippen LogP contribution in [0.25, 0.3) is 0 Å². The van der Waals surface area contributed by atoms with Crippen LogP contribution < -0.4 is 5.32 Å². The topological polar surface area (TPSA) is 24.9 Å². The molecule has 2 nitrogen and oxygen atoms in total. The van der Waals surface area contributed by atoms with Crippen LogP contribution in [0.2, 0.25) is 0 Å². The number of rotatable bonds is 3. The summed E-state index contributed by atoms with van der Waals surface area (Å²) in [5, 5.41) is 3.60. The predicted molar refractivity (Wildman–Crippen MR) is 76.3 cm³/mol. The molecule has 0 spiro atoms. The van der Waals surface area contributed by atoms with E-state index < -0.39 is 0 Å². The van der Waals surface area contributed by atoms with Gasteiger partial charge in [0.1, 0.15) is 5.82 Å². The van der Waals surface area contributed by atoms with Gasteiger partial charge in [0.15, 0.2) is 0 Å². The second-order valence-corrected chi connectivity index (χ2v) is 5.87. The van der Waals surface area contributed by atoms with E-state index in [1.807, 2.05) is 12.3 Å². The third-order valence-electron chi connectivity index (χ3n) is 3.78. The highest BCUT2D eigenvalue weighted by Crippen LogP contribution is 2.30. The average molecular weight is 297 g/mol. The van der Waals surface area contributed by atoms with Crippen LogP contribution in [0.5, 0.6) is 0 Å². The van der Waals surface area contributed by atoms with E-state index in [1.165, 1.54) is 37.7 Å². The zero-order valence-electron chi connectivity index (χ0n) is 10.7. The van der Waals surface area contributed by atoms with Gasteiger partial charge in [-0.1, -0.05) is 26.2 Å². The van der Waals surface area contributed by atoms with Gasteiger partial charge in [-0.2, -0.15) is 0 Å². The Morgan fingerprint density at radius 3 is 3.06 bits per heavy atom. The summed E-state index contributed by atoms with van der Waals surface area (Å²) in [4.78, 5) is 4.43. The first-order chi connectivity index (χ1) is 8.20. The molecule has 2 unspecified atom stereocenters. The zero-order valence-corrected chi connectivity index (χ0v) is 12.3. The molecule has 0 aromatic carbocycles. The van der Waals surface area contributed by atoms with E-state index in [1.54, 1.807) is 0 Å². The molecule has 1 aliphatic rings. The zero-order chi connectivity index (χ0) is 12.3. The summed E-state index contributed by atoms with van der Waals surface area (Å²) in [6.07, 6.45) is 8.50. The van der Waals surface area contributed by atoms with Crippen molar-refractivity contribution in [2.75, 3.05) is 5.32 Å². The van der Waals surface area contributed by atoms with Crippen molar-refractivity contribution in [1.82, 2.24) is 4.98 Å². The molecule has 1 aliphatic carbocycles. The molecule has 2 atom stereocenters. The number of hydrogen-bond acceptors (Lipinski definition) is 2. The van der Waals surface area contributed by atoms with Gasteiger partial charge in [0, 0.05) is 12.2 Å². The lowest BCUT2D eigenvalue weighted by atomic mass is 9.84. The first-order valence-electron chi connectivity index (χ1n) is 6.58. The van der Waals surface area contributed by atoms with Crippen LogP contribution in [0.15, 0.2) is 16.7 Å². The quantitative estimate of drug-likeness (QED) is 0.886. The maximum absolute atomic E-state index is 4.43. The Hall–Kier alpha value is -0.570. The molecule has 94 valence electrons. The van der Waals surface area contributed by atoms with Crippen LogP contribution in [0.3, 0.4) is 0 Å². The molecular formula is C14H21BrN2. The number of hydrogen-bond donors (Lipinski definition) is 1. The fourth-order valence-corrected chi connectivity index (χ4v) is 2.98. The number of halogens is 1. The number of nitrogens with one attached hydrogen (secondary N) is 1. The molecule has 1 aromatic heterocycles. The van der Waals surface area contributed by atoms with Crippen LogP contribution in [-0.4, -0.2) is 11.0 Å². The van der Waals surface area contributed by atoms with Crippen molar-refractivity contribution >= 4 is 21.7 Å². The molecular weight excluding hydrogens is 276 g/mol. The van der Waals surface area contributed by atoms with Crippen molar-refractivity contribution in [3.05, 3.63) is 22.3 Å². The minimum atomic E-state index is 0.597. The molecule has 1 N–H and O–H groups in total. The van der Waals surface area contributed by atoms with E-state index in [2.05, 4.69) is 40.1 Å². The van der Waals surface area contributed by atoms with Gasteiger partial charge < -0.3 is 5.32 Å². The molecule has 17 heavy (non-hydrogen) atoms. The van der Waals surface area contributed by atoms with Crippen LogP contribution in [0, 0.1) is 12.8 Å². The Bertz CT molecular complexity index is 378. The number of aryl methyl sites for hydroxylation is 1. The lowest BCUT2D eigenvalue weighted by Crippen LogP contribution is -2.27.